The lowest BCUT2D eigenvalue weighted by atomic mass is 9.97. The number of likely N-dealkylation sites (tertiary alicyclic amines) is 1. The van der Waals surface area contributed by atoms with Crippen LogP contribution < -0.4 is 15.5 Å². The van der Waals surface area contributed by atoms with E-state index in [0.29, 0.717) is 24.5 Å². The maximum absolute atomic E-state index is 12.7. The van der Waals surface area contributed by atoms with E-state index in [4.69, 9.17) is 14.3 Å². The highest BCUT2D eigenvalue weighted by Gasteiger charge is 2.42. The van der Waals surface area contributed by atoms with Crippen LogP contribution in [0.5, 0.6) is 5.75 Å². The Morgan fingerprint density at radius 1 is 1.38 bits per heavy atom. The number of rotatable bonds is 4. The van der Waals surface area contributed by atoms with Gasteiger partial charge in [-0.05, 0) is 56.6 Å². The van der Waals surface area contributed by atoms with E-state index in [1.165, 1.54) is 6.08 Å². The van der Waals surface area contributed by atoms with Gasteiger partial charge in [0, 0.05) is 25.5 Å². The van der Waals surface area contributed by atoms with E-state index in [-0.39, 0.29) is 11.8 Å². The zero-order valence-electron chi connectivity index (χ0n) is 16.6. The highest BCUT2D eigenvalue weighted by Crippen LogP contribution is 2.33. The Kier molecular flexibility index (Phi) is 5.84. The lowest BCUT2D eigenvalue weighted by Gasteiger charge is -2.44. The Morgan fingerprint density at radius 2 is 2.28 bits per heavy atom. The first-order valence-electron chi connectivity index (χ1n) is 10.1. The number of fused-ring (bicyclic) bond motifs is 1. The van der Waals surface area contributed by atoms with Crippen molar-refractivity contribution in [3.05, 3.63) is 35.4 Å². The molecule has 0 radical (unpaired) electrons. The van der Waals surface area contributed by atoms with Gasteiger partial charge in [0.05, 0.1) is 12.1 Å². The second-order valence-corrected chi connectivity index (χ2v) is 7.86. The maximum Gasteiger partial charge on any atom is 0.267 e. The van der Waals surface area contributed by atoms with Crippen LogP contribution in [0, 0.1) is 0 Å². The highest BCUT2D eigenvalue weighted by molar-refractivity contribution is 5.99. The van der Waals surface area contributed by atoms with Gasteiger partial charge in [-0.1, -0.05) is 6.07 Å². The summed E-state index contributed by atoms with van der Waals surface area (Å²) in [6.45, 7) is 2.30. The minimum Gasteiger partial charge on any atom is -0.466 e. The molecular weight excluding hydrogens is 374 g/mol. The number of hydrogen-bond acceptors (Lipinski definition) is 6. The first-order valence-corrected chi connectivity index (χ1v) is 10.1. The molecule has 8 nitrogen and oxygen atoms in total. The molecule has 8 heteroatoms. The first kappa shape index (κ1) is 19.9. The molecule has 1 spiro atoms. The van der Waals surface area contributed by atoms with Crippen LogP contribution in [0.1, 0.15) is 48.0 Å². The average Bonchev–Trinajstić information content (AvgIpc) is 2.71. The number of hydrogen-bond donors (Lipinski definition) is 2. The summed E-state index contributed by atoms with van der Waals surface area (Å²) in [6.07, 6.45) is 7.16. The SMILES string of the molecule is CN1CCCC2(C1)NC(=O)c1cc(/C=C/C(=O)NOC3CCCCO3)ccc1O2. The molecule has 2 N–H and O–H groups in total. The maximum atomic E-state index is 12.7. The number of carbonyl (C=O) groups excluding carboxylic acids is 2. The molecule has 4 rings (SSSR count). The third-order valence-corrected chi connectivity index (χ3v) is 5.40. The molecule has 156 valence electrons. The number of carbonyl (C=O) groups is 2. The molecule has 0 bridgehead atoms. The van der Waals surface area contributed by atoms with Gasteiger partial charge in [0.2, 0.25) is 0 Å². The van der Waals surface area contributed by atoms with Crippen molar-refractivity contribution in [1.29, 1.82) is 0 Å². The summed E-state index contributed by atoms with van der Waals surface area (Å²) < 4.78 is 11.6. The number of benzene rings is 1. The minimum atomic E-state index is -0.660. The first-order chi connectivity index (χ1) is 14.0. The lowest BCUT2D eigenvalue weighted by Crippen LogP contribution is -2.63. The second kappa shape index (κ2) is 8.52. The fraction of sp³-hybridized carbons (Fsp3) is 0.524. The molecular formula is C21H27N3O5. The Morgan fingerprint density at radius 3 is 3.07 bits per heavy atom. The minimum absolute atomic E-state index is 0.154. The summed E-state index contributed by atoms with van der Waals surface area (Å²) in [6, 6.07) is 5.33. The van der Waals surface area contributed by atoms with Crippen LogP contribution in [0.15, 0.2) is 24.3 Å². The van der Waals surface area contributed by atoms with Crippen molar-refractivity contribution >= 4 is 17.9 Å². The molecule has 2 fully saturated rings. The summed E-state index contributed by atoms with van der Waals surface area (Å²) in [5.41, 5.74) is 2.91. The number of nitrogens with one attached hydrogen (secondary N) is 2. The monoisotopic (exact) mass is 401 g/mol. The summed E-state index contributed by atoms with van der Waals surface area (Å²) in [4.78, 5) is 32.1. The second-order valence-electron chi connectivity index (χ2n) is 7.86. The van der Waals surface area contributed by atoms with Crippen LogP contribution in [0.2, 0.25) is 0 Å². The molecule has 3 aliphatic rings. The van der Waals surface area contributed by atoms with E-state index in [2.05, 4.69) is 15.7 Å². The number of ether oxygens (including phenoxy) is 2. The zero-order valence-corrected chi connectivity index (χ0v) is 16.6. The number of likely N-dealkylation sites (N-methyl/N-ethyl adjacent to an activating group) is 1. The van der Waals surface area contributed by atoms with Crippen LogP contribution in [0.25, 0.3) is 6.08 Å². The van der Waals surface area contributed by atoms with Crippen LogP contribution in [-0.4, -0.2) is 55.5 Å². The van der Waals surface area contributed by atoms with Gasteiger partial charge in [0.15, 0.2) is 12.0 Å². The predicted molar refractivity (Wildman–Crippen MR) is 106 cm³/mol. The van der Waals surface area contributed by atoms with Gasteiger partial charge in [-0.2, -0.15) is 0 Å². The van der Waals surface area contributed by atoms with E-state index < -0.39 is 12.0 Å². The van der Waals surface area contributed by atoms with E-state index in [0.717, 1.165) is 44.2 Å². The Labute approximate surface area is 170 Å². The normalized spacial score (nSPS) is 27.3. The van der Waals surface area contributed by atoms with Crippen molar-refractivity contribution in [1.82, 2.24) is 15.7 Å². The number of piperidine rings is 1. The van der Waals surface area contributed by atoms with Crippen molar-refractivity contribution in [2.75, 3.05) is 26.7 Å². The molecule has 2 atom stereocenters. The van der Waals surface area contributed by atoms with E-state index in [9.17, 15) is 9.59 Å². The Bertz CT molecular complexity index is 806. The molecule has 0 saturated carbocycles. The van der Waals surface area contributed by atoms with Gasteiger partial charge in [-0.25, -0.2) is 10.3 Å². The summed E-state index contributed by atoms with van der Waals surface area (Å²) in [5.74, 6) is 0.0317. The number of nitrogens with zero attached hydrogens (tertiary/aromatic N) is 1. The van der Waals surface area contributed by atoms with E-state index >= 15 is 0 Å². The van der Waals surface area contributed by atoms with Crippen molar-refractivity contribution in [2.45, 2.75) is 44.1 Å². The van der Waals surface area contributed by atoms with Gasteiger partial charge >= 0.3 is 0 Å². The van der Waals surface area contributed by atoms with Gasteiger partial charge in [0.25, 0.3) is 11.8 Å². The summed E-state index contributed by atoms with van der Waals surface area (Å²) in [7, 11) is 2.02. The topological polar surface area (TPSA) is 89.1 Å². The van der Waals surface area contributed by atoms with E-state index in [1.807, 2.05) is 13.1 Å². The van der Waals surface area contributed by atoms with Crippen LogP contribution in [0.3, 0.4) is 0 Å². The van der Waals surface area contributed by atoms with Crippen LogP contribution in [-0.2, 0) is 14.4 Å². The fourth-order valence-electron chi connectivity index (χ4n) is 3.98. The summed E-state index contributed by atoms with van der Waals surface area (Å²) in [5, 5.41) is 3.03. The third kappa shape index (κ3) is 4.77. The third-order valence-electron chi connectivity index (χ3n) is 5.40. The number of hydroxylamine groups is 1. The molecule has 1 aromatic carbocycles. The molecule has 2 amide bonds. The Hall–Kier alpha value is -2.42. The lowest BCUT2D eigenvalue weighted by molar-refractivity contribution is -0.198. The van der Waals surface area contributed by atoms with Crippen molar-refractivity contribution in [3.8, 4) is 5.75 Å². The molecule has 0 aliphatic carbocycles. The molecule has 2 unspecified atom stereocenters. The largest absolute Gasteiger partial charge is 0.466 e. The molecule has 1 aromatic rings. The van der Waals surface area contributed by atoms with Gasteiger partial charge in [0.1, 0.15) is 5.75 Å². The molecule has 3 aliphatic heterocycles. The van der Waals surface area contributed by atoms with Gasteiger partial charge in [-0.3, -0.25) is 9.59 Å². The predicted octanol–water partition coefficient (Wildman–Crippen LogP) is 1.82. The zero-order chi connectivity index (χ0) is 20.3. The molecule has 3 heterocycles. The molecule has 29 heavy (non-hydrogen) atoms. The van der Waals surface area contributed by atoms with Crippen molar-refractivity contribution in [2.24, 2.45) is 0 Å². The van der Waals surface area contributed by atoms with Crippen LogP contribution in [0.4, 0.5) is 0 Å². The Balaban J connectivity index is 1.38. The molecule has 0 aromatic heterocycles. The van der Waals surface area contributed by atoms with Gasteiger partial charge in [-0.15, -0.1) is 0 Å². The van der Waals surface area contributed by atoms with Crippen LogP contribution >= 0.6 is 0 Å². The molecule has 2 saturated heterocycles. The fourth-order valence-corrected chi connectivity index (χ4v) is 3.98. The van der Waals surface area contributed by atoms with Crippen molar-refractivity contribution in [3.63, 3.8) is 0 Å². The number of amides is 2. The quantitative estimate of drug-likeness (QED) is 0.591. The standard InChI is InChI=1S/C21H27N3O5/c1-24-11-4-10-21(14-24)22-20(26)16-13-15(6-8-17(16)28-21)7-9-18(25)23-29-19-5-2-3-12-27-19/h6-9,13,19H,2-5,10-12,14H2,1H3,(H,22,26)(H,23,25)/b9-7+. The van der Waals surface area contributed by atoms with Crippen molar-refractivity contribution < 1.29 is 23.9 Å². The highest BCUT2D eigenvalue weighted by atomic mass is 16.8. The van der Waals surface area contributed by atoms with E-state index in [1.54, 1.807) is 18.2 Å². The average molecular weight is 401 g/mol. The smallest absolute Gasteiger partial charge is 0.267 e. The van der Waals surface area contributed by atoms with Gasteiger partial charge < -0.3 is 19.7 Å². The summed E-state index contributed by atoms with van der Waals surface area (Å²) >= 11 is 0.